The van der Waals surface area contributed by atoms with E-state index in [4.69, 9.17) is 11.6 Å². The predicted octanol–water partition coefficient (Wildman–Crippen LogP) is 3.54. The highest BCUT2D eigenvalue weighted by molar-refractivity contribution is 6.31. The summed E-state index contributed by atoms with van der Waals surface area (Å²) in [6, 6.07) is 4.70. The number of anilines is 1. The van der Waals surface area contributed by atoms with Crippen molar-refractivity contribution < 1.29 is 0 Å². The maximum absolute atomic E-state index is 6.30. The van der Waals surface area contributed by atoms with E-state index in [0.717, 1.165) is 41.6 Å². The molecule has 0 aliphatic heterocycles. The number of nitrogens with zero attached hydrogens (tertiary/aromatic N) is 2. The summed E-state index contributed by atoms with van der Waals surface area (Å²) in [5.41, 5.74) is 1.02. The third kappa shape index (κ3) is 3.61. The fourth-order valence-corrected chi connectivity index (χ4v) is 2.65. The van der Waals surface area contributed by atoms with E-state index in [9.17, 15) is 0 Å². The lowest BCUT2D eigenvalue weighted by molar-refractivity contribution is 0.241. The Kier molecular flexibility index (Phi) is 3.94. The van der Waals surface area contributed by atoms with Gasteiger partial charge in [-0.2, -0.15) is 0 Å². The molecule has 2 fully saturated rings. The molecule has 0 atom stereocenters. The first-order valence-corrected chi connectivity index (χ1v) is 7.77. The second kappa shape index (κ2) is 5.68. The predicted molar refractivity (Wildman–Crippen MR) is 79.6 cm³/mol. The molecule has 0 saturated heterocycles. The van der Waals surface area contributed by atoms with Crippen molar-refractivity contribution in [3.8, 4) is 0 Å². The maximum Gasteiger partial charge on any atom is 0.126 e. The van der Waals surface area contributed by atoms with Crippen LogP contribution in [0, 0.1) is 5.92 Å². The molecule has 1 heterocycles. The third-order valence-electron chi connectivity index (χ3n) is 3.88. The van der Waals surface area contributed by atoms with Crippen molar-refractivity contribution in [3.05, 3.63) is 22.8 Å². The number of pyridine rings is 1. The Morgan fingerprint density at radius 2 is 2.11 bits per heavy atom. The summed E-state index contributed by atoms with van der Waals surface area (Å²) in [4.78, 5) is 7.24. The topological polar surface area (TPSA) is 28.2 Å². The van der Waals surface area contributed by atoms with Gasteiger partial charge in [-0.15, -0.1) is 0 Å². The normalized spacial score (nSPS) is 18.9. The smallest absolute Gasteiger partial charge is 0.126 e. The van der Waals surface area contributed by atoms with Crippen molar-refractivity contribution >= 4 is 17.4 Å². The fourth-order valence-electron chi connectivity index (χ4n) is 2.48. The van der Waals surface area contributed by atoms with Crippen molar-refractivity contribution in [2.45, 2.75) is 45.2 Å². The molecule has 1 aromatic heterocycles. The SMILES string of the molecule is CCNc1ccc(Cl)c(CN(CC2CC2)C2CC2)n1. The summed E-state index contributed by atoms with van der Waals surface area (Å²) in [5, 5.41) is 4.05. The molecule has 2 aliphatic carbocycles. The number of rotatable bonds is 7. The highest BCUT2D eigenvalue weighted by atomic mass is 35.5. The van der Waals surface area contributed by atoms with Gasteiger partial charge >= 0.3 is 0 Å². The zero-order valence-corrected chi connectivity index (χ0v) is 12.3. The average molecular weight is 280 g/mol. The van der Waals surface area contributed by atoms with Crippen molar-refractivity contribution in [1.29, 1.82) is 0 Å². The number of hydrogen-bond acceptors (Lipinski definition) is 3. The highest BCUT2D eigenvalue weighted by Gasteiger charge is 2.34. The van der Waals surface area contributed by atoms with Crippen LogP contribution >= 0.6 is 11.6 Å². The highest BCUT2D eigenvalue weighted by Crippen LogP contribution is 2.36. The molecule has 0 amide bonds. The molecular weight excluding hydrogens is 258 g/mol. The summed E-state index contributed by atoms with van der Waals surface area (Å²) in [5.74, 6) is 1.86. The second-order valence-corrected chi connectivity index (χ2v) is 6.17. The van der Waals surface area contributed by atoms with E-state index in [1.54, 1.807) is 0 Å². The number of hydrogen-bond donors (Lipinski definition) is 1. The largest absolute Gasteiger partial charge is 0.370 e. The van der Waals surface area contributed by atoms with Crippen molar-refractivity contribution in [3.63, 3.8) is 0 Å². The van der Waals surface area contributed by atoms with Crippen LogP contribution < -0.4 is 5.32 Å². The second-order valence-electron chi connectivity index (χ2n) is 5.76. The van der Waals surface area contributed by atoms with E-state index in [0.29, 0.717) is 0 Å². The van der Waals surface area contributed by atoms with Gasteiger partial charge in [-0.1, -0.05) is 11.6 Å². The van der Waals surface area contributed by atoms with E-state index in [1.165, 1.54) is 32.2 Å². The molecule has 3 rings (SSSR count). The summed E-state index contributed by atoms with van der Waals surface area (Å²) in [6.45, 7) is 5.11. The average Bonchev–Trinajstić information content (AvgIpc) is 3.26. The van der Waals surface area contributed by atoms with Crippen LogP contribution in [0.4, 0.5) is 5.82 Å². The van der Waals surface area contributed by atoms with E-state index < -0.39 is 0 Å². The minimum atomic E-state index is 0.779. The Morgan fingerprint density at radius 3 is 2.74 bits per heavy atom. The van der Waals surface area contributed by atoms with Crippen LogP contribution in [0.5, 0.6) is 0 Å². The third-order valence-corrected chi connectivity index (χ3v) is 4.23. The molecule has 3 nitrogen and oxygen atoms in total. The van der Waals surface area contributed by atoms with Gasteiger partial charge in [0, 0.05) is 25.7 Å². The molecule has 1 aromatic rings. The summed E-state index contributed by atoms with van der Waals surface area (Å²) < 4.78 is 0. The quantitative estimate of drug-likeness (QED) is 0.827. The molecule has 0 spiro atoms. The lowest BCUT2D eigenvalue weighted by atomic mass is 10.3. The van der Waals surface area contributed by atoms with Crippen LogP contribution in [-0.2, 0) is 6.54 Å². The molecule has 4 heteroatoms. The molecule has 2 saturated carbocycles. The van der Waals surface area contributed by atoms with Gasteiger partial charge < -0.3 is 5.32 Å². The zero-order chi connectivity index (χ0) is 13.2. The van der Waals surface area contributed by atoms with Crippen LogP contribution in [0.15, 0.2) is 12.1 Å². The van der Waals surface area contributed by atoms with Gasteiger partial charge in [0.2, 0.25) is 0 Å². The molecule has 19 heavy (non-hydrogen) atoms. The first-order chi connectivity index (χ1) is 9.26. The van der Waals surface area contributed by atoms with Gasteiger partial charge in [-0.05, 0) is 50.7 Å². The maximum atomic E-state index is 6.30. The fraction of sp³-hybridized carbons (Fsp3) is 0.667. The minimum absolute atomic E-state index is 0.779. The van der Waals surface area contributed by atoms with Crippen LogP contribution in [0.1, 0.15) is 38.3 Å². The summed E-state index contributed by atoms with van der Waals surface area (Å²) in [6.07, 6.45) is 5.50. The molecule has 2 aliphatic rings. The summed E-state index contributed by atoms with van der Waals surface area (Å²) >= 11 is 6.30. The zero-order valence-electron chi connectivity index (χ0n) is 11.5. The summed E-state index contributed by atoms with van der Waals surface area (Å²) in [7, 11) is 0. The Labute approximate surface area is 120 Å². The number of aromatic nitrogens is 1. The molecular formula is C15H22ClN3. The minimum Gasteiger partial charge on any atom is -0.370 e. The van der Waals surface area contributed by atoms with E-state index in [2.05, 4.69) is 22.1 Å². The van der Waals surface area contributed by atoms with E-state index >= 15 is 0 Å². The molecule has 104 valence electrons. The van der Waals surface area contributed by atoms with Gasteiger partial charge in [-0.25, -0.2) is 4.98 Å². The van der Waals surface area contributed by atoms with E-state index in [1.807, 2.05) is 12.1 Å². The molecule has 0 unspecified atom stereocenters. The van der Waals surface area contributed by atoms with Crippen molar-refractivity contribution in [2.75, 3.05) is 18.4 Å². The van der Waals surface area contributed by atoms with Gasteiger partial charge in [0.15, 0.2) is 0 Å². The van der Waals surface area contributed by atoms with Crippen LogP contribution in [0.25, 0.3) is 0 Å². The van der Waals surface area contributed by atoms with Gasteiger partial charge in [0.1, 0.15) is 5.82 Å². The lowest BCUT2D eigenvalue weighted by Gasteiger charge is -2.22. The Morgan fingerprint density at radius 1 is 1.32 bits per heavy atom. The monoisotopic (exact) mass is 279 g/mol. The first-order valence-electron chi connectivity index (χ1n) is 7.39. The standard InChI is InChI=1S/C15H22ClN3/c1-2-17-15-8-7-13(16)14(18-15)10-19(12-5-6-12)9-11-3-4-11/h7-8,11-12H,2-6,9-10H2,1H3,(H,17,18). The molecule has 0 radical (unpaired) electrons. The van der Waals surface area contributed by atoms with Crippen LogP contribution in [0.3, 0.4) is 0 Å². The van der Waals surface area contributed by atoms with Crippen molar-refractivity contribution in [1.82, 2.24) is 9.88 Å². The molecule has 0 bridgehead atoms. The van der Waals surface area contributed by atoms with Gasteiger partial charge in [0.25, 0.3) is 0 Å². The van der Waals surface area contributed by atoms with Gasteiger partial charge in [0.05, 0.1) is 10.7 Å². The van der Waals surface area contributed by atoms with Crippen LogP contribution in [-0.4, -0.2) is 29.0 Å². The number of halogens is 1. The number of nitrogens with one attached hydrogen (secondary N) is 1. The Hall–Kier alpha value is -0.800. The molecule has 0 aromatic carbocycles. The Bertz CT molecular complexity index is 441. The van der Waals surface area contributed by atoms with Gasteiger partial charge in [-0.3, -0.25) is 4.90 Å². The van der Waals surface area contributed by atoms with Crippen LogP contribution in [0.2, 0.25) is 5.02 Å². The van der Waals surface area contributed by atoms with E-state index in [-0.39, 0.29) is 0 Å². The Balaban J connectivity index is 1.70. The lowest BCUT2D eigenvalue weighted by Crippen LogP contribution is -2.28. The first kappa shape index (κ1) is 13.2. The molecule has 1 N–H and O–H groups in total. The van der Waals surface area contributed by atoms with Crippen molar-refractivity contribution in [2.24, 2.45) is 5.92 Å².